The van der Waals surface area contributed by atoms with Gasteiger partial charge in [0.05, 0.1) is 25.1 Å². The van der Waals surface area contributed by atoms with Gasteiger partial charge in [-0.15, -0.1) is 0 Å². The second-order valence-electron chi connectivity index (χ2n) is 4.75. The molecule has 3 rings (SSSR count). The molecule has 0 aliphatic rings. The SMILES string of the molecule is COc1ccc(-c2nn(-c3ccccc3)c(Br)c2CO)cc1. The molecule has 1 heterocycles. The van der Waals surface area contributed by atoms with Gasteiger partial charge < -0.3 is 9.84 Å². The molecule has 5 heteroatoms. The van der Waals surface area contributed by atoms with Crippen molar-refractivity contribution in [2.75, 3.05) is 7.11 Å². The van der Waals surface area contributed by atoms with Gasteiger partial charge in [-0.1, -0.05) is 18.2 Å². The topological polar surface area (TPSA) is 47.3 Å². The van der Waals surface area contributed by atoms with Crippen molar-refractivity contribution >= 4 is 15.9 Å². The highest BCUT2D eigenvalue weighted by molar-refractivity contribution is 9.10. The third-order valence-electron chi connectivity index (χ3n) is 3.44. The van der Waals surface area contributed by atoms with Crippen LogP contribution in [0.15, 0.2) is 59.2 Å². The van der Waals surface area contributed by atoms with Crippen LogP contribution in [0, 0.1) is 0 Å². The van der Waals surface area contributed by atoms with E-state index in [2.05, 4.69) is 21.0 Å². The van der Waals surface area contributed by atoms with Crippen molar-refractivity contribution < 1.29 is 9.84 Å². The molecular weight excluding hydrogens is 344 g/mol. The van der Waals surface area contributed by atoms with E-state index < -0.39 is 0 Å². The first-order chi connectivity index (χ1) is 10.7. The number of aromatic nitrogens is 2. The van der Waals surface area contributed by atoms with Crippen molar-refractivity contribution in [3.8, 4) is 22.7 Å². The third-order valence-corrected chi connectivity index (χ3v) is 4.26. The molecule has 0 saturated carbocycles. The summed E-state index contributed by atoms with van der Waals surface area (Å²) < 4.78 is 7.71. The van der Waals surface area contributed by atoms with Crippen LogP contribution >= 0.6 is 15.9 Å². The minimum absolute atomic E-state index is 0.0885. The van der Waals surface area contributed by atoms with Gasteiger partial charge in [0.1, 0.15) is 10.4 Å². The normalized spacial score (nSPS) is 10.7. The number of ether oxygens (including phenoxy) is 1. The highest BCUT2D eigenvalue weighted by Gasteiger charge is 2.17. The molecule has 1 N–H and O–H groups in total. The number of aliphatic hydroxyl groups excluding tert-OH is 1. The fraction of sp³-hybridized carbons (Fsp3) is 0.118. The van der Waals surface area contributed by atoms with E-state index in [4.69, 9.17) is 4.74 Å². The third kappa shape index (κ3) is 2.65. The van der Waals surface area contributed by atoms with Gasteiger partial charge in [-0.25, -0.2) is 4.68 Å². The molecule has 0 unspecified atom stereocenters. The maximum absolute atomic E-state index is 9.71. The van der Waals surface area contributed by atoms with Gasteiger partial charge in [-0.3, -0.25) is 0 Å². The number of para-hydroxylation sites is 1. The van der Waals surface area contributed by atoms with Crippen LogP contribution < -0.4 is 4.74 Å². The lowest BCUT2D eigenvalue weighted by Gasteiger charge is -2.02. The van der Waals surface area contributed by atoms with E-state index in [1.807, 2.05) is 54.6 Å². The predicted octanol–water partition coefficient (Wildman–Crippen LogP) is 3.80. The lowest BCUT2D eigenvalue weighted by Crippen LogP contribution is -1.96. The molecule has 0 saturated heterocycles. The number of nitrogens with zero attached hydrogens (tertiary/aromatic N) is 2. The maximum atomic E-state index is 9.71. The number of rotatable bonds is 4. The first-order valence-electron chi connectivity index (χ1n) is 6.82. The van der Waals surface area contributed by atoms with E-state index in [0.717, 1.165) is 32.9 Å². The summed E-state index contributed by atoms with van der Waals surface area (Å²) >= 11 is 3.54. The van der Waals surface area contributed by atoms with Crippen LogP contribution in [-0.4, -0.2) is 22.0 Å². The van der Waals surface area contributed by atoms with Crippen molar-refractivity contribution in [3.05, 3.63) is 64.8 Å². The molecule has 22 heavy (non-hydrogen) atoms. The fourth-order valence-electron chi connectivity index (χ4n) is 2.29. The minimum atomic E-state index is -0.0885. The summed E-state index contributed by atoms with van der Waals surface area (Å²) in [5, 5.41) is 14.4. The van der Waals surface area contributed by atoms with Gasteiger partial charge in [0.25, 0.3) is 0 Å². The Morgan fingerprint density at radius 2 is 1.77 bits per heavy atom. The Morgan fingerprint density at radius 3 is 2.36 bits per heavy atom. The molecule has 2 aromatic carbocycles. The molecule has 1 aromatic heterocycles. The Balaban J connectivity index is 2.11. The zero-order valence-electron chi connectivity index (χ0n) is 12.0. The molecule has 112 valence electrons. The molecular formula is C17H15BrN2O2. The second kappa shape index (κ2) is 6.34. The monoisotopic (exact) mass is 358 g/mol. The lowest BCUT2D eigenvalue weighted by molar-refractivity contribution is 0.281. The van der Waals surface area contributed by atoms with Gasteiger partial charge in [-0.05, 0) is 52.3 Å². The van der Waals surface area contributed by atoms with Crippen LogP contribution in [0.4, 0.5) is 0 Å². The number of hydrogen-bond donors (Lipinski definition) is 1. The van der Waals surface area contributed by atoms with E-state index >= 15 is 0 Å². The van der Waals surface area contributed by atoms with Crippen LogP contribution in [-0.2, 0) is 6.61 Å². The average Bonchev–Trinajstić information content (AvgIpc) is 2.92. The predicted molar refractivity (Wildman–Crippen MR) is 89.2 cm³/mol. The Hall–Kier alpha value is -2.11. The van der Waals surface area contributed by atoms with Gasteiger partial charge in [0.2, 0.25) is 0 Å². The highest BCUT2D eigenvalue weighted by Crippen LogP contribution is 2.31. The van der Waals surface area contributed by atoms with Crippen LogP contribution in [0.25, 0.3) is 16.9 Å². The zero-order valence-corrected chi connectivity index (χ0v) is 13.6. The molecule has 0 spiro atoms. The van der Waals surface area contributed by atoms with E-state index in [0.29, 0.717) is 0 Å². The molecule has 0 aliphatic heterocycles. The van der Waals surface area contributed by atoms with E-state index in [1.165, 1.54) is 0 Å². The summed E-state index contributed by atoms with van der Waals surface area (Å²) in [5.41, 5.74) is 3.37. The largest absolute Gasteiger partial charge is 0.497 e. The van der Waals surface area contributed by atoms with Crippen molar-refractivity contribution in [2.24, 2.45) is 0 Å². The Morgan fingerprint density at radius 1 is 1.09 bits per heavy atom. The number of hydrogen-bond acceptors (Lipinski definition) is 3. The summed E-state index contributed by atoms with van der Waals surface area (Å²) in [7, 11) is 1.63. The number of benzene rings is 2. The van der Waals surface area contributed by atoms with Crippen molar-refractivity contribution in [1.29, 1.82) is 0 Å². The molecule has 0 fully saturated rings. The first kappa shape index (κ1) is 14.8. The highest BCUT2D eigenvalue weighted by atomic mass is 79.9. The number of halogens is 1. The number of aliphatic hydroxyl groups is 1. The molecule has 0 radical (unpaired) electrons. The summed E-state index contributed by atoms with van der Waals surface area (Å²) in [5.74, 6) is 0.788. The summed E-state index contributed by atoms with van der Waals surface area (Å²) in [6.45, 7) is -0.0885. The van der Waals surface area contributed by atoms with Gasteiger partial charge in [-0.2, -0.15) is 5.10 Å². The van der Waals surface area contributed by atoms with Crippen molar-refractivity contribution in [1.82, 2.24) is 9.78 Å². The van der Waals surface area contributed by atoms with Crippen molar-refractivity contribution in [3.63, 3.8) is 0 Å². The Bertz CT molecular complexity index is 767. The Labute approximate surface area is 137 Å². The van der Waals surface area contributed by atoms with Crippen LogP contribution in [0.1, 0.15) is 5.56 Å². The Kier molecular flexibility index (Phi) is 4.27. The number of methoxy groups -OCH3 is 1. The molecule has 0 aliphatic carbocycles. The summed E-state index contributed by atoms with van der Waals surface area (Å²) in [6, 6.07) is 17.4. The van der Waals surface area contributed by atoms with Gasteiger partial charge in [0.15, 0.2) is 0 Å². The second-order valence-corrected chi connectivity index (χ2v) is 5.50. The van der Waals surface area contributed by atoms with E-state index in [9.17, 15) is 5.11 Å². The molecule has 0 amide bonds. The smallest absolute Gasteiger partial charge is 0.118 e. The summed E-state index contributed by atoms with van der Waals surface area (Å²) in [6.07, 6.45) is 0. The maximum Gasteiger partial charge on any atom is 0.118 e. The van der Waals surface area contributed by atoms with E-state index in [1.54, 1.807) is 11.8 Å². The van der Waals surface area contributed by atoms with Crippen LogP contribution in [0.5, 0.6) is 5.75 Å². The van der Waals surface area contributed by atoms with Gasteiger partial charge >= 0.3 is 0 Å². The van der Waals surface area contributed by atoms with Crippen LogP contribution in [0.3, 0.4) is 0 Å². The summed E-state index contributed by atoms with van der Waals surface area (Å²) in [4.78, 5) is 0. The minimum Gasteiger partial charge on any atom is -0.497 e. The molecule has 3 aromatic rings. The lowest BCUT2D eigenvalue weighted by atomic mass is 10.1. The molecule has 0 atom stereocenters. The van der Waals surface area contributed by atoms with E-state index in [-0.39, 0.29) is 6.61 Å². The van der Waals surface area contributed by atoms with Crippen molar-refractivity contribution in [2.45, 2.75) is 6.61 Å². The standard InChI is InChI=1S/C17H15BrN2O2/c1-22-14-9-7-12(8-10-14)16-15(11-21)17(18)20(19-16)13-5-3-2-4-6-13/h2-10,21H,11H2,1H3. The quantitative estimate of drug-likeness (QED) is 0.771. The molecule has 4 nitrogen and oxygen atoms in total. The fourth-order valence-corrected chi connectivity index (χ4v) is 2.89. The first-order valence-corrected chi connectivity index (χ1v) is 7.62. The van der Waals surface area contributed by atoms with Crippen LogP contribution in [0.2, 0.25) is 0 Å². The zero-order chi connectivity index (χ0) is 15.5. The average molecular weight is 359 g/mol. The van der Waals surface area contributed by atoms with Gasteiger partial charge in [0, 0.05) is 11.1 Å². The molecule has 0 bridgehead atoms.